The van der Waals surface area contributed by atoms with Gasteiger partial charge in [-0.2, -0.15) is 4.72 Å². The standard InChI is InChI=1S/C18H20N2O5S/c1-14-7-9-16(10-8-14)26(23,24)20-12-18(22)25-13-17(21)19-11-15-5-3-2-4-6-15/h2-10,20H,11-13H2,1H3,(H,19,21). The van der Waals surface area contributed by atoms with Crippen LogP contribution in [-0.2, 0) is 30.9 Å². The Morgan fingerprint density at radius 3 is 2.31 bits per heavy atom. The number of hydrogen-bond acceptors (Lipinski definition) is 5. The summed E-state index contributed by atoms with van der Waals surface area (Å²) in [4.78, 5) is 23.3. The van der Waals surface area contributed by atoms with Crippen molar-refractivity contribution in [3.05, 3.63) is 65.7 Å². The highest BCUT2D eigenvalue weighted by atomic mass is 32.2. The third-order valence-electron chi connectivity index (χ3n) is 3.43. The van der Waals surface area contributed by atoms with Crippen LogP contribution in [0.3, 0.4) is 0 Å². The molecule has 2 aromatic rings. The largest absolute Gasteiger partial charge is 0.455 e. The summed E-state index contributed by atoms with van der Waals surface area (Å²) in [5.74, 6) is -1.31. The van der Waals surface area contributed by atoms with Gasteiger partial charge in [-0.3, -0.25) is 9.59 Å². The van der Waals surface area contributed by atoms with Gasteiger partial charge >= 0.3 is 5.97 Å². The fourth-order valence-electron chi connectivity index (χ4n) is 2.00. The van der Waals surface area contributed by atoms with Crippen LogP contribution in [0.2, 0.25) is 0 Å². The Morgan fingerprint density at radius 1 is 1.00 bits per heavy atom. The van der Waals surface area contributed by atoms with Crippen molar-refractivity contribution in [2.45, 2.75) is 18.4 Å². The van der Waals surface area contributed by atoms with Gasteiger partial charge < -0.3 is 10.1 Å². The number of sulfonamides is 1. The van der Waals surface area contributed by atoms with Crippen LogP contribution >= 0.6 is 0 Å². The molecule has 0 saturated heterocycles. The second kappa shape index (κ2) is 9.12. The summed E-state index contributed by atoms with van der Waals surface area (Å²) < 4.78 is 31.0. The summed E-state index contributed by atoms with van der Waals surface area (Å²) in [5, 5.41) is 2.60. The normalized spacial score (nSPS) is 11.0. The molecule has 7 nitrogen and oxygen atoms in total. The van der Waals surface area contributed by atoms with Crippen molar-refractivity contribution in [3.63, 3.8) is 0 Å². The molecule has 0 radical (unpaired) electrons. The molecule has 0 heterocycles. The van der Waals surface area contributed by atoms with Crippen molar-refractivity contribution < 1.29 is 22.7 Å². The van der Waals surface area contributed by atoms with E-state index in [-0.39, 0.29) is 4.90 Å². The van der Waals surface area contributed by atoms with Crippen molar-refractivity contribution in [1.82, 2.24) is 10.0 Å². The number of carbonyl (C=O) groups excluding carboxylic acids is 2. The molecule has 1 amide bonds. The predicted molar refractivity (Wildman–Crippen MR) is 95.6 cm³/mol. The molecule has 0 aromatic heterocycles. The van der Waals surface area contributed by atoms with Crippen LogP contribution in [0.15, 0.2) is 59.5 Å². The fourth-order valence-corrected chi connectivity index (χ4v) is 2.97. The molecule has 0 aliphatic heterocycles. The minimum Gasteiger partial charge on any atom is -0.455 e. The molecule has 138 valence electrons. The zero-order valence-corrected chi connectivity index (χ0v) is 15.1. The highest BCUT2D eigenvalue weighted by Gasteiger charge is 2.16. The molecule has 0 aliphatic rings. The third kappa shape index (κ3) is 6.30. The van der Waals surface area contributed by atoms with E-state index in [2.05, 4.69) is 10.0 Å². The topological polar surface area (TPSA) is 102 Å². The summed E-state index contributed by atoms with van der Waals surface area (Å²) in [7, 11) is -3.81. The minimum atomic E-state index is -3.81. The lowest BCUT2D eigenvalue weighted by Crippen LogP contribution is -2.33. The summed E-state index contributed by atoms with van der Waals surface area (Å²) >= 11 is 0. The number of hydrogen-bond donors (Lipinski definition) is 2. The van der Waals surface area contributed by atoms with Gasteiger partial charge in [0.05, 0.1) is 4.90 Å². The monoisotopic (exact) mass is 376 g/mol. The minimum absolute atomic E-state index is 0.0523. The molecule has 2 rings (SSSR count). The van der Waals surface area contributed by atoms with Crippen molar-refractivity contribution in [2.24, 2.45) is 0 Å². The lowest BCUT2D eigenvalue weighted by molar-refractivity contribution is -0.147. The fraction of sp³-hybridized carbons (Fsp3) is 0.222. The average Bonchev–Trinajstić information content (AvgIpc) is 2.64. The van der Waals surface area contributed by atoms with Crippen molar-refractivity contribution in [2.75, 3.05) is 13.2 Å². The van der Waals surface area contributed by atoms with Crippen molar-refractivity contribution in [3.8, 4) is 0 Å². The van der Waals surface area contributed by atoms with E-state index in [0.29, 0.717) is 6.54 Å². The Bertz CT molecular complexity index is 849. The van der Waals surface area contributed by atoms with Crippen LogP contribution in [0.25, 0.3) is 0 Å². The number of ether oxygens (including phenoxy) is 1. The average molecular weight is 376 g/mol. The molecular weight excluding hydrogens is 356 g/mol. The van der Waals surface area contributed by atoms with E-state index in [0.717, 1.165) is 11.1 Å². The molecule has 0 fully saturated rings. The van der Waals surface area contributed by atoms with Crippen LogP contribution in [-0.4, -0.2) is 33.4 Å². The number of esters is 1. The number of nitrogens with one attached hydrogen (secondary N) is 2. The third-order valence-corrected chi connectivity index (χ3v) is 4.85. The number of amides is 1. The zero-order valence-electron chi connectivity index (χ0n) is 14.3. The first-order valence-corrected chi connectivity index (χ1v) is 9.38. The highest BCUT2D eigenvalue weighted by molar-refractivity contribution is 7.89. The van der Waals surface area contributed by atoms with Crippen molar-refractivity contribution in [1.29, 1.82) is 0 Å². The number of carbonyl (C=O) groups is 2. The van der Waals surface area contributed by atoms with Gasteiger partial charge in [-0.1, -0.05) is 48.0 Å². The zero-order chi connectivity index (χ0) is 19.0. The van der Waals surface area contributed by atoms with E-state index in [9.17, 15) is 18.0 Å². The molecule has 0 bridgehead atoms. The summed E-state index contributed by atoms with van der Waals surface area (Å²) in [6.45, 7) is 1.13. The van der Waals surface area contributed by atoms with Crippen LogP contribution < -0.4 is 10.0 Å². The quantitative estimate of drug-likeness (QED) is 0.673. The van der Waals surface area contributed by atoms with E-state index in [1.54, 1.807) is 12.1 Å². The molecule has 2 N–H and O–H groups in total. The Labute approximate surface area is 152 Å². The summed E-state index contributed by atoms with van der Waals surface area (Å²) in [6, 6.07) is 15.5. The maximum atomic E-state index is 12.0. The van der Waals surface area contributed by atoms with Crippen LogP contribution in [0.4, 0.5) is 0 Å². The van der Waals surface area contributed by atoms with E-state index in [1.807, 2.05) is 37.3 Å². The predicted octanol–water partition coefficient (Wildman–Crippen LogP) is 1.13. The molecule has 0 atom stereocenters. The van der Waals surface area contributed by atoms with Gasteiger partial charge in [0.1, 0.15) is 6.54 Å². The Morgan fingerprint density at radius 2 is 1.65 bits per heavy atom. The van der Waals surface area contributed by atoms with Gasteiger partial charge in [-0.05, 0) is 24.6 Å². The smallest absolute Gasteiger partial charge is 0.321 e. The molecule has 0 saturated carbocycles. The van der Waals surface area contributed by atoms with E-state index < -0.39 is 35.1 Å². The number of aryl methyl sites for hydroxylation is 1. The van der Waals surface area contributed by atoms with Gasteiger partial charge in [0, 0.05) is 6.54 Å². The summed E-state index contributed by atoms with van der Waals surface area (Å²) in [5.41, 5.74) is 1.84. The lowest BCUT2D eigenvalue weighted by atomic mass is 10.2. The van der Waals surface area contributed by atoms with Crippen LogP contribution in [0, 0.1) is 6.92 Å². The van der Waals surface area contributed by atoms with E-state index in [4.69, 9.17) is 4.74 Å². The second-order valence-electron chi connectivity index (χ2n) is 5.56. The Hall–Kier alpha value is -2.71. The first kappa shape index (κ1) is 19.6. The first-order chi connectivity index (χ1) is 12.4. The van der Waals surface area contributed by atoms with E-state index in [1.165, 1.54) is 12.1 Å². The van der Waals surface area contributed by atoms with Crippen LogP contribution in [0.1, 0.15) is 11.1 Å². The molecule has 0 spiro atoms. The number of rotatable bonds is 8. The first-order valence-electron chi connectivity index (χ1n) is 7.89. The molecule has 0 aliphatic carbocycles. The Kier molecular flexibility index (Phi) is 6.88. The van der Waals surface area contributed by atoms with Crippen LogP contribution in [0.5, 0.6) is 0 Å². The molecule has 0 unspecified atom stereocenters. The van der Waals surface area contributed by atoms with E-state index >= 15 is 0 Å². The van der Waals surface area contributed by atoms with Gasteiger partial charge in [0.2, 0.25) is 10.0 Å². The van der Waals surface area contributed by atoms with Gasteiger partial charge in [-0.15, -0.1) is 0 Å². The lowest BCUT2D eigenvalue weighted by Gasteiger charge is -2.08. The molecule has 26 heavy (non-hydrogen) atoms. The highest BCUT2D eigenvalue weighted by Crippen LogP contribution is 2.09. The van der Waals surface area contributed by atoms with Gasteiger partial charge in [-0.25, -0.2) is 8.42 Å². The second-order valence-corrected chi connectivity index (χ2v) is 7.33. The SMILES string of the molecule is Cc1ccc(S(=O)(=O)NCC(=O)OCC(=O)NCc2ccccc2)cc1. The van der Waals surface area contributed by atoms with Gasteiger partial charge in [0.15, 0.2) is 6.61 Å². The molecular formula is C18H20N2O5S. The maximum Gasteiger partial charge on any atom is 0.321 e. The molecule has 2 aromatic carbocycles. The number of benzene rings is 2. The van der Waals surface area contributed by atoms with Gasteiger partial charge in [0.25, 0.3) is 5.91 Å². The summed E-state index contributed by atoms with van der Waals surface area (Å²) in [6.07, 6.45) is 0. The molecule has 8 heteroatoms. The maximum absolute atomic E-state index is 12.0. The Balaban J connectivity index is 1.73. The van der Waals surface area contributed by atoms with Crippen molar-refractivity contribution >= 4 is 21.9 Å².